The van der Waals surface area contributed by atoms with E-state index in [9.17, 15) is 9.59 Å². The lowest BCUT2D eigenvalue weighted by molar-refractivity contribution is -0.155. The fraction of sp³-hybridized carbons (Fsp3) is 0.500. The Morgan fingerprint density at radius 3 is 3.17 bits per heavy atom. The Morgan fingerprint density at radius 1 is 1.83 bits per heavy atom. The third-order valence-electron chi connectivity index (χ3n) is 1.43. The van der Waals surface area contributed by atoms with Gasteiger partial charge in [-0.3, -0.25) is 4.79 Å². The monoisotopic (exact) mass is 170 g/mol. The highest BCUT2D eigenvalue weighted by molar-refractivity contribution is 5.94. The van der Waals surface area contributed by atoms with Crippen molar-refractivity contribution < 1.29 is 19.1 Å². The minimum absolute atomic E-state index is 0.0787. The Balaban J connectivity index is 2.48. The number of hydrogen-bond donors (Lipinski definition) is 0. The number of esters is 1. The molecule has 1 rings (SSSR count). The topological polar surface area (TPSA) is 52.6 Å². The summed E-state index contributed by atoms with van der Waals surface area (Å²) < 4.78 is 9.57. The van der Waals surface area contributed by atoms with Crippen LogP contribution in [-0.2, 0) is 19.1 Å². The zero-order valence-corrected chi connectivity index (χ0v) is 6.78. The molecule has 0 aliphatic carbocycles. The van der Waals surface area contributed by atoms with Crippen LogP contribution in [0.5, 0.6) is 0 Å². The van der Waals surface area contributed by atoms with Crippen LogP contribution in [0.1, 0.15) is 13.3 Å². The van der Waals surface area contributed by atoms with Crippen LogP contribution in [-0.4, -0.2) is 24.5 Å². The van der Waals surface area contributed by atoms with Gasteiger partial charge in [0.25, 0.3) is 0 Å². The van der Waals surface area contributed by atoms with Crippen molar-refractivity contribution in [3.05, 3.63) is 12.3 Å². The molecular formula is C8H10O4. The van der Waals surface area contributed by atoms with Crippen LogP contribution in [0.4, 0.5) is 0 Å². The molecule has 0 spiro atoms. The largest absolute Gasteiger partial charge is 0.486 e. The summed E-state index contributed by atoms with van der Waals surface area (Å²) >= 11 is 0. The molecule has 0 N–H and O–H groups in total. The maximum Gasteiger partial charge on any atom is 0.347 e. The third-order valence-corrected chi connectivity index (χ3v) is 1.43. The molecule has 4 nitrogen and oxygen atoms in total. The summed E-state index contributed by atoms with van der Waals surface area (Å²) in [6.07, 6.45) is 1.86. The molecule has 12 heavy (non-hydrogen) atoms. The number of carbonyl (C=O) groups excluding carboxylic acids is 2. The second-order valence-electron chi connectivity index (χ2n) is 2.35. The summed E-state index contributed by atoms with van der Waals surface area (Å²) in [5.41, 5.74) is 0. The van der Waals surface area contributed by atoms with E-state index < -0.39 is 12.1 Å². The van der Waals surface area contributed by atoms with Crippen LogP contribution < -0.4 is 0 Å². The van der Waals surface area contributed by atoms with Gasteiger partial charge in [-0.05, 0) is 6.92 Å². The van der Waals surface area contributed by atoms with Crippen LogP contribution in [0.25, 0.3) is 0 Å². The van der Waals surface area contributed by atoms with Gasteiger partial charge in [-0.2, -0.15) is 0 Å². The first-order valence-corrected chi connectivity index (χ1v) is 3.75. The van der Waals surface area contributed by atoms with Crippen molar-refractivity contribution in [3.63, 3.8) is 0 Å². The zero-order valence-electron chi connectivity index (χ0n) is 6.78. The van der Waals surface area contributed by atoms with E-state index in [2.05, 4.69) is 4.74 Å². The van der Waals surface area contributed by atoms with Crippen LogP contribution in [0.3, 0.4) is 0 Å². The van der Waals surface area contributed by atoms with Crippen molar-refractivity contribution in [1.82, 2.24) is 0 Å². The van der Waals surface area contributed by atoms with Gasteiger partial charge < -0.3 is 9.47 Å². The van der Waals surface area contributed by atoms with E-state index >= 15 is 0 Å². The van der Waals surface area contributed by atoms with Gasteiger partial charge in [-0.1, -0.05) is 0 Å². The third kappa shape index (κ3) is 2.08. The lowest BCUT2D eigenvalue weighted by Gasteiger charge is -2.16. The highest BCUT2D eigenvalue weighted by atomic mass is 16.6. The van der Waals surface area contributed by atoms with Crippen molar-refractivity contribution in [3.8, 4) is 0 Å². The highest BCUT2D eigenvalue weighted by Crippen LogP contribution is 2.08. The molecule has 1 atom stereocenters. The number of ketones is 1. The SMILES string of the molecule is CCOC(=O)[C@H]1CC(=O)C=CO1. The van der Waals surface area contributed by atoms with Crippen molar-refractivity contribution >= 4 is 11.8 Å². The molecule has 0 radical (unpaired) electrons. The van der Waals surface area contributed by atoms with Crippen LogP contribution >= 0.6 is 0 Å². The first-order chi connectivity index (χ1) is 5.74. The van der Waals surface area contributed by atoms with E-state index in [0.717, 1.165) is 0 Å². The molecule has 4 heteroatoms. The predicted octanol–water partition coefficient (Wildman–Crippen LogP) is 0.421. The number of rotatable bonds is 2. The average Bonchev–Trinajstić information content (AvgIpc) is 2.05. The van der Waals surface area contributed by atoms with Gasteiger partial charge in [-0.15, -0.1) is 0 Å². The summed E-state index contributed by atoms with van der Waals surface area (Å²) in [6.45, 7) is 2.01. The second-order valence-corrected chi connectivity index (χ2v) is 2.35. The van der Waals surface area contributed by atoms with Crippen molar-refractivity contribution in [2.45, 2.75) is 19.4 Å². The fourth-order valence-corrected chi connectivity index (χ4v) is 0.883. The minimum Gasteiger partial charge on any atom is -0.486 e. The Morgan fingerprint density at radius 2 is 2.58 bits per heavy atom. The smallest absolute Gasteiger partial charge is 0.347 e. The molecule has 1 aliphatic rings. The van der Waals surface area contributed by atoms with E-state index in [-0.39, 0.29) is 12.2 Å². The van der Waals surface area contributed by atoms with Crippen LogP contribution in [0, 0.1) is 0 Å². The molecule has 0 unspecified atom stereocenters. The molecule has 0 bridgehead atoms. The number of ether oxygens (including phenoxy) is 2. The van der Waals surface area contributed by atoms with Crippen LogP contribution in [0.2, 0.25) is 0 Å². The Hall–Kier alpha value is -1.32. The molecule has 0 saturated carbocycles. The Kier molecular flexibility index (Phi) is 2.85. The molecule has 0 aromatic carbocycles. The van der Waals surface area contributed by atoms with E-state index in [1.807, 2.05) is 0 Å². The second kappa shape index (κ2) is 3.90. The molecule has 66 valence electrons. The van der Waals surface area contributed by atoms with Crippen molar-refractivity contribution in [1.29, 1.82) is 0 Å². The number of allylic oxidation sites excluding steroid dienone is 1. The quantitative estimate of drug-likeness (QED) is 0.563. The number of carbonyl (C=O) groups is 2. The van der Waals surface area contributed by atoms with E-state index in [1.54, 1.807) is 6.92 Å². The van der Waals surface area contributed by atoms with Gasteiger partial charge in [0.05, 0.1) is 19.3 Å². The van der Waals surface area contributed by atoms with E-state index in [1.165, 1.54) is 12.3 Å². The first kappa shape index (κ1) is 8.77. The summed E-state index contributed by atoms with van der Waals surface area (Å²) in [7, 11) is 0. The Bertz CT molecular complexity index is 219. The minimum atomic E-state index is -0.748. The van der Waals surface area contributed by atoms with Gasteiger partial charge in [-0.25, -0.2) is 4.79 Å². The normalized spacial score (nSPS) is 21.8. The zero-order chi connectivity index (χ0) is 8.97. The van der Waals surface area contributed by atoms with Crippen molar-refractivity contribution in [2.24, 2.45) is 0 Å². The lowest BCUT2D eigenvalue weighted by atomic mass is 10.1. The summed E-state index contributed by atoms with van der Waals surface area (Å²) in [6, 6.07) is 0. The molecular weight excluding hydrogens is 160 g/mol. The maximum atomic E-state index is 11.0. The summed E-state index contributed by atoms with van der Waals surface area (Å²) in [5, 5.41) is 0. The molecule has 0 aromatic rings. The van der Waals surface area contributed by atoms with Gasteiger partial charge in [0.1, 0.15) is 0 Å². The Labute approximate surface area is 70.1 Å². The van der Waals surface area contributed by atoms with Gasteiger partial charge in [0.2, 0.25) is 6.10 Å². The van der Waals surface area contributed by atoms with Gasteiger partial charge in [0.15, 0.2) is 5.78 Å². The molecule has 0 fully saturated rings. The molecule has 1 aliphatic heterocycles. The predicted molar refractivity (Wildman–Crippen MR) is 40.3 cm³/mol. The maximum absolute atomic E-state index is 11.0. The molecule has 1 heterocycles. The van der Waals surface area contributed by atoms with Gasteiger partial charge in [0, 0.05) is 6.08 Å². The highest BCUT2D eigenvalue weighted by Gasteiger charge is 2.25. The lowest BCUT2D eigenvalue weighted by Crippen LogP contribution is -2.29. The summed E-state index contributed by atoms with van der Waals surface area (Å²) in [4.78, 5) is 21.8. The standard InChI is InChI=1S/C8H10O4/c1-2-11-8(10)7-5-6(9)3-4-12-7/h3-4,7H,2,5H2,1H3/t7-/m1/s1. The fourth-order valence-electron chi connectivity index (χ4n) is 0.883. The van der Waals surface area contributed by atoms with E-state index in [0.29, 0.717) is 6.61 Å². The molecule has 0 amide bonds. The molecule has 0 aromatic heterocycles. The number of hydrogen-bond acceptors (Lipinski definition) is 4. The van der Waals surface area contributed by atoms with Crippen molar-refractivity contribution in [2.75, 3.05) is 6.61 Å². The molecule has 0 saturated heterocycles. The van der Waals surface area contributed by atoms with E-state index in [4.69, 9.17) is 4.74 Å². The summed E-state index contributed by atoms with van der Waals surface area (Å²) in [5.74, 6) is -0.588. The average molecular weight is 170 g/mol. The van der Waals surface area contributed by atoms with Crippen LogP contribution in [0.15, 0.2) is 12.3 Å². The van der Waals surface area contributed by atoms with Gasteiger partial charge >= 0.3 is 5.97 Å². The first-order valence-electron chi connectivity index (χ1n) is 3.75.